The Balaban J connectivity index is 1.51. The molecule has 0 fully saturated rings. The molecule has 0 bridgehead atoms. The van der Waals surface area contributed by atoms with Crippen LogP contribution in [0, 0.1) is 13.8 Å². The number of nitrogens with one attached hydrogen (secondary N) is 1. The molecule has 5 nitrogen and oxygen atoms in total. The van der Waals surface area contributed by atoms with Gasteiger partial charge in [0.2, 0.25) is 5.91 Å². The summed E-state index contributed by atoms with van der Waals surface area (Å²) >= 11 is 12.7. The van der Waals surface area contributed by atoms with Crippen molar-refractivity contribution in [3.8, 4) is 5.69 Å². The van der Waals surface area contributed by atoms with Crippen LogP contribution in [-0.2, 0) is 17.6 Å². The van der Waals surface area contributed by atoms with Gasteiger partial charge in [-0.2, -0.15) is 0 Å². The van der Waals surface area contributed by atoms with Crippen LogP contribution >= 0.6 is 50.6 Å². The molecule has 1 aliphatic carbocycles. The smallest absolute Gasteiger partial charge is 0.267 e. The van der Waals surface area contributed by atoms with Crippen molar-refractivity contribution in [3.05, 3.63) is 77.8 Å². The Morgan fingerprint density at radius 3 is 2.69 bits per heavy atom. The number of anilines is 1. The molecule has 0 unspecified atom stereocenters. The average Bonchev–Trinajstić information content (AvgIpc) is 3.19. The number of aryl methyl sites for hydroxylation is 4. The number of thioether (sulfide) groups is 1. The summed E-state index contributed by atoms with van der Waals surface area (Å²) in [6.07, 6.45) is 4.14. The van der Waals surface area contributed by atoms with Gasteiger partial charge in [-0.25, -0.2) is 4.98 Å². The Bertz CT molecular complexity index is 1490. The molecule has 2 heterocycles. The highest BCUT2D eigenvalue weighted by Gasteiger charge is 2.23. The SMILES string of the molecule is Cc1cc(C)c(NC(=O)CSc2nc3sc4c(c3c(=O)n2-c2ccc(Br)cc2)CCCC4)c(Cl)c1. The lowest BCUT2D eigenvalue weighted by molar-refractivity contribution is -0.113. The summed E-state index contributed by atoms with van der Waals surface area (Å²) in [5.41, 5.74) is 4.36. The highest BCUT2D eigenvalue weighted by Crippen LogP contribution is 2.35. The molecule has 4 aromatic rings. The minimum Gasteiger partial charge on any atom is -0.324 e. The Hall–Kier alpha value is -2.13. The molecule has 0 saturated carbocycles. The Labute approximate surface area is 225 Å². The van der Waals surface area contributed by atoms with E-state index in [1.165, 1.54) is 16.6 Å². The third kappa shape index (κ3) is 4.94. The summed E-state index contributed by atoms with van der Waals surface area (Å²) < 4.78 is 2.56. The Kier molecular flexibility index (Phi) is 7.08. The van der Waals surface area contributed by atoms with Crippen molar-refractivity contribution in [2.24, 2.45) is 0 Å². The van der Waals surface area contributed by atoms with Gasteiger partial charge in [-0.15, -0.1) is 11.3 Å². The number of thiophene rings is 1. The number of halogens is 2. The average molecular weight is 589 g/mol. The fraction of sp³-hybridized carbons (Fsp3) is 0.269. The molecular weight excluding hydrogens is 566 g/mol. The highest BCUT2D eigenvalue weighted by molar-refractivity contribution is 9.10. The second kappa shape index (κ2) is 10.1. The van der Waals surface area contributed by atoms with E-state index >= 15 is 0 Å². The van der Waals surface area contributed by atoms with Crippen LogP contribution in [0.4, 0.5) is 5.69 Å². The van der Waals surface area contributed by atoms with Gasteiger partial charge < -0.3 is 5.32 Å². The normalized spacial score (nSPS) is 13.1. The highest BCUT2D eigenvalue weighted by atomic mass is 79.9. The number of carbonyl (C=O) groups is 1. The van der Waals surface area contributed by atoms with Crippen LogP contribution in [-0.4, -0.2) is 21.2 Å². The molecule has 180 valence electrons. The van der Waals surface area contributed by atoms with Crippen molar-refractivity contribution in [2.75, 3.05) is 11.1 Å². The van der Waals surface area contributed by atoms with E-state index in [2.05, 4.69) is 21.2 Å². The number of amides is 1. The number of carbonyl (C=O) groups excluding carboxylic acids is 1. The molecule has 9 heteroatoms. The van der Waals surface area contributed by atoms with Crippen LogP contribution in [0.15, 0.2) is 50.8 Å². The van der Waals surface area contributed by atoms with Crippen molar-refractivity contribution in [2.45, 2.75) is 44.7 Å². The first-order valence-electron chi connectivity index (χ1n) is 11.3. The number of fused-ring (bicyclic) bond motifs is 3. The fourth-order valence-electron chi connectivity index (χ4n) is 4.48. The first-order valence-corrected chi connectivity index (χ1v) is 14.3. The summed E-state index contributed by atoms with van der Waals surface area (Å²) in [6.45, 7) is 3.88. The second-order valence-electron chi connectivity index (χ2n) is 8.68. The number of nitrogens with zero attached hydrogens (tertiary/aromatic N) is 2. The lowest BCUT2D eigenvalue weighted by atomic mass is 9.97. The van der Waals surface area contributed by atoms with Gasteiger partial charge in [0.1, 0.15) is 4.83 Å². The minimum absolute atomic E-state index is 0.0722. The number of hydrogen-bond donors (Lipinski definition) is 1. The van der Waals surface area contributed by atoms with Crippen LogP contribution < -0.4 is 10.9 Å². The molecule has 1 amide bonds. The molecule has 1 N–H and O–H groups in total. The van der Waals surface area contributed by atoms with Crippen molar-refractivity contribution >= 4 is 72.4 Å². The molecule has 0 saturated heterocycles. The summed E-state index contributed by atoms with van der Waals surface area (Å²) in [6, 6.07) is 11.4. The molecule has 2 aromatic carbocycles. The van der Waals surface area contributed by atoms with E-state index in [0.717, 1.165) is 62.8 Å². The predicted octanol–water partition coefficient (Wildman–Crippen LogP) is 7.09. The summed E-state index contributed by atoms with van der Waals surface area (Å²) in [4.78, 5) is 33.6. The van der Waals surface area contributed by atoms with Gasteiger partial charge in [0.25, 0.3) is 5.56 Å². The van der Waals surface area contributed by atoms with E-state index in [-0.39, 0.29) is 17.2 Å². The molecule has 5 rings (SSSR count). The van der Waals surface area contributed by atoms with Gasteiger partial charge in [0.15, 0.2) is 5.16 Å². The van der Waals surface area contributed by atoms with Gasteiger partial charge in [-0.05, 0) is 86.6 Å². The zero-order chi connectivity index (χ0) is 24.7. The number of benzene rings is 2. The topological polar surface area (TPSA) is 64.0 Å². The van der Waals surface area contributed by atoms with E-state index in [1.807, 2.05) is 50.2 Å². The monoisotopic (exact) mass is 587 g/mol. The van der Waals surface area contributed by atoms with Crippen molar-refractivity contribution in [3.63, 3.8) is 0 Å². The largest absolute Gasteiger partial charge is 0.324 e. The molecule has 0 spiro atoms. The van der Waals surface area contributed by atoms with E-state index in [1.54, 1.807) is 15.9 Å². The first kappa shape index (κ1) is 24.6. The summed E-state index contributed by atoms with van der Waals surface area (Å²) in [5.74, 6) is -0.102. The standard InChI is InChI=1S/C26H23BrClN3O2S2/c1-14-11-15(2)23(19(28)12-14)29-21(32)13-34-26-30-24-22(18-5-3-4-6-20(18)35-24)25(33)31(26)17-9-7-16(27)8-10-17/h7-12H,3-6,13H2,1-2H3,(H,29,32). The third-order valence-corrected chi connectivity index (χ3v) is 9.02. The van der Waals surface area contributed by atoms with Crippen molar-refractivity contribution in [1.82, 2.24) is 9.55 Å². The molecule has 35 heavy (non-hydrogen) atoms. The maximum Gasteiger partial charge on any atom is 0.267 e. The number of hydrogen-bond acceptors (Lipinski definition) is 5. The second-order valence-corrected chi connectivity index (χ2v) is 12.0. The molecule has 0 radical (unpaired) electrons. The van der Waals surface area contributed by atoms with Gasteiger partial charge in [0.05, 0.1) is 27.5 Å². The maximum absolute atomic E-state index is 13.8. The first-order chi connectivity index (χ1) is 16.8. The summed E-state index contributed by atoms with van der Waals surface area (Å²) in [7, 11) is 0. The number of aromatic nitrogens is 2. The summed E-state index contributed by atoms with van der Waals surface area (Å²) in [5, 5.41) is 4.66. The van der Waals surface area contributed by atoms with Crippen LogP contribution in [0.5, 0.6) is 0 Å². The van der Waals surface area contributed by atoms with Gasteiger partial charge >= 0.3 is 0 Å². The van der Waals surface area contributed by atoms with Crippen LogP contribution in [0.3, 0.4) is 0 Å². The zero-order valence-corrected chi connectivity index (χ0v) is 23.3. The van der Waals surface area contributed by atoms with E-state index in [9.17, 15) is 9.59 Å². The zero-order valence-electron chi connectivity index (χ0n) is 19.3. The predicted molar refractivity (Wildman–Crippen MR) is 150 cm³/mol. The van der Waals surface area contributed by atoms with Crippen molar-refractivity contribution in [1.29, 1.82) is 0 Å². The molecular formula is C26H23BrClN3O2S2. The van der Waals surface area contributed by atoms with Gasteiger partial charge in [0, 0.05) is 9.35 Å². The lowest BCUT2D eigenvalue weighted by Gasteiger charge is -2.14. The third-order valence-electron chi connectivity index (χ3n) is 6.07. The van der Waals surface area contributed by atoms with Crippen LogP contribution in [0.25, 0.3) is 15.9 Å². The van der Waals surface area contributed by atoms with Crippen LogP contribution in [0.2, 0.25) is 5.02 Å². The van der Waals surface area contributed by atoms with E-state index < -0.39 is 0 Å². The Morgan fingerprint density at radius 1 is 1.20 bits per heavy atom. The molecule has 2 aromatic heterocycles. The molecule has 0 atom stereocenters. The quantitative estimate of drug-likeness (QED) is 0.200. The van der Waals surface area contributed by atoms with Crippen LogP contribution in [0.1, 0.15) is 34.4 Å². The molecule has 0 aliphatic heterocycles. The molecule has 1 aliphatic rings. The Morgan fingerprint density at radius 2 is 1.94 bits per heavy atom. The van der Waals surface area contributed by atoms with E-state index in [4.69, 9.17) is 16.6 Å². The van der Waals surface area contributed by atoms with Crippen molar-refractivity contribution < 1.29 is 4.79 Å². The van der Waals surface area contributed by atoms with Gasteiger partial charge in [-0.1, -0.05) is 45.4 Å². The maximum atomic E-state index is 13.8. The minimum atomic E-state index is -0.203. The fourth-order valence-corrected chi connectivity index (χ4v) is 7.23. The lowest BCUT2D eigenvalue weighted by Crippen LogP contribution is -2.23. The van der Waals surface area contributed by atoms with Gasteiger partial charge in [-0.3, -0.25) is 14.2 Å². The number of rotatable bonds is 5. The van der Waals surface area contributed by atoms with E-state index in [0.29, 0.717) is 15.9 Å².